The summed E-state index contributed by atoms with van der Waals surface area (Å²) in [6.07, 6.45) is -0.802. The number of pyridine rings is 1. The summed E-state index contributed by atoms with van der Waals surface area (Å²) >= 11 is 0. The Balaban J connectivity index is 1.76. The molecule has 0 bridgehead atoms. The van der Waals surface area contributed by atoms with E-state index in [-0.39, 0.29) is 5.69 Å². The fourth-order valence-electron chi connectivity index (χ4n) is 4.67. The summed E-state index contributed by atoms with van der Waals surface area (Å²) in [4.78, 5) is 17.5. The lowest BCUT2D eigenvalue weighted by atomic mass is 9.92. The number of amides is 1. The fraction of sp³-hybridized carbons (Fsp3) is 0.226. The zero-order valence-electron chi connectivity index (χ0n) is 23.2. The summed E-state index contributed by atoms with van der Waals surface area (Å²) in [5.41, 5.74) is 3.52. The summed E-state index contributed by atoms with van der Waals surface area (Å²) in [5, 5.41) is 2.69. The second-order valence-corrected chi connectivity index (χ2v) is 9.06. The summed E-state index contributed by atoms with van der Waals surface area (Å²) in [6.45, 7) is 1.90. The molecule has 41 heavy (non-hydrogen) atoms. The number of hydrogen-bond acceptors (Lipinski definition) is 6. The number of carbonyl (C=O) groups is 1. The van der Waals surface area contributed by atoms with E-state index < -0.39 is 17.6 Å². The van der Waals surface area contributed by atoms with Crippen molar-refractivity contribution in [1.29, 1.82) is 0 Å². The minimum Gasteiger partial charge on any atom is -0.492 e. The van der Waals surface area contributed by atoms with Gasteiger partial charge in [-0.2, -0.15) is 13.2 Å². The molecule has 0 saturated carbocycles. The lowest BCUT2D eigenvalue weighted by molar-refractivity contribution is -0.137. The molecule has 0 aliphatic heterocycles. The minimum absolute atomic E-state index is 0.238. The third-order valence-corrected chi connectivity index (χ3v) is 6.65. The molecule has 0 fully saturated rings. The first-order chi connectivity index (χ1) is 19.6. The van der Waals surface area contributed by atoms with E-state index in [0.717, 1.165) is 28.8 Å². The fourth-order valence-corrected chi connectivity index (χ4v) is 4.67. The largest absolute Gasteiger partial charge is 0.492 e. The Morgan fingerprint density at radius 2 is 1.49 bits per heavy atom. The predicted molar refractivity (Wildman–Crippen MR) is 149 cm³/mol. The highest BCUT2D eigenvalue weighted by Crippen LogP contribution is 2.50. The van der Waals surface area contributed by atoms with Gasteiger partial charge in [-0.25, -0.2) is 0 Å². The van der Waals surface area contributed by atoms with Crippen LogP contribution in [-0.4, -0.2) is 39.3 Å². The Bertz CT molecular complexity index is 1540. The van der Waals surface area contributed by atoms with Crippen LogP contribution in [-0.2, 0) is 12.6 Å². The predicted octanol–water partition coefficient (Wildman–Crippen LogP) is 6.95. The van der Waals surface area contributed by atoms with Gasteiger partial charge < -0.3 is 24.3 Å². The quantitative estimate of drug-likeness (QED) is 0.236. The highest BCUT2D eigenvalue weighted by molar-refractivity contribution is 6.08. The standard InChI is InChI=1S/C31H29F3N2O5/c1-18-24(27(39-3)29(41-5)28(40-4)26(18)38-2)15-19-8-13-23(25(16-19)20-7-6-14-35-17-20)30(37)36-22-11-9-21(10-12-22)31(32,33)34/h6-14,16-17H,15H2,1-5H3,(H,36,37). The van der Waals surface area contributed by atoms with Gasteiger partial charge in [-0.15, -0.1) is 0 Å². The van der Waals surface area contributed by atoms with Crippen molar-refractivity contribution in [2.75, 3.05) is 33.8 Å². The van der Waals surface area contributed by atoms with E-state index in [9.17, 15) is 18.0 Å². The van der Waals surface area contributed by atoms with E-state index >= 15 is 0 Å². The van der Waals surface area contributed by atoms with Gasteiger partial charge in [0.15, 0.2) is 11.5 Å². The second kappa shape index (κ2) is 12.2. The molecular formula is C31H29F3N2O5. The molecule has 1 aromatic heterocycles. The van der Waals surface area contributed by atoms with E-state index in [1.807, 2.05) is 25.1 Å². The maximum Gasteiger partial charge on any atom is 0.416 e. The van der Waals surface area contributed by atoms with Crippen LogP contribution in [0.1, 0.15) is 32.6 Å². The monoisotopic (exact) mass is 566 g/mol. The van der Waals surface area contributed by atoms with Crippen molar-refractivity contribution in [3.05, 3.63) is 94.8 Å². The minimum atomic E-state index is -4.47. The van der Waals surface area contributed by atoms with Crippen molar-refractivity contribution in [1.82, 2.24) is 4.98 Å². The topological polar surface area (TPSA) is 78.9 Å². The molecule has 3 aromatic carbocycles. The highest BCUT2D eigenvalue weighted by Gasteiger charge is 2.30. The van der Waals surface area contributed by atoms with Gasteiger partial charge in [-0.3, -0.25) is 9.78 Å². The van der Waals surface area contributed by atoms with Gasteiger partial charge in [0.25, 0.3) is 5.91 Å². The smallest absolute Gasteiger partial charge is 0.416 e. The Morgan fingerprint density at radius 1 is 0.854 bits per heavy atom. The van der Waals surface area contributed by atoms with Crippen LogP contribution in [0.25, 0.3) is 11.1 Å². The molecule has 7 nitrogen and oxygen atoms in total. The van der Waals surface area contributed by atoms with E-state index in [1.54, 1.807) is 38.7 Å². The average molecular weight is 567 g/mol. The third-order valence-electron chi connectivity index (χ3n) is 6.65. The van der Waals surface area contributed by atoms with Crippen molar-refractivity contribution < 1.29 is 36.9 Å². The number of nitrogens with one attached hydrogen (secondary N) is 1. The molecule has 4 aromatic rings. The normalized spacial score (nSPS) is 11.1. The first-order valence-electron chi connectivity index (χ1n) is 12.5. The van der Waals surface area contributed by atoms with E-state index in [0.29, 0.717) is 46.1 Å². The molecule has 1 amide bonds. The number of benzene rings is 3. The second-order valence-electron chi connectivity index (χ2n) is 9.06. The molecule has 0 unspecified atom stereocenters. The van der Waals surface area contributed by atoms with Gasteiger partial charge in [0.2, 0.25) is 11.5 Å². The molecule has 0 spiro atoms. The number of anilines is 1. The summed E-state index contributed by atoms with van der Waals surface area (Å²) in [7, 11) is 6.13. The van der Waals surface area contributed by atoms with Crippen LogP contribution in [0.2, 0.25) is 0 Å². The molecule has 0 radical (unpaired) electrons. The van der Waals surface area contributed by atoms with Crippen molar-refractivity contribution >= 4 is 11.6 Å². The molecule has 0 saturated heterocycles. The van der Waals surface area contributed by atoms with Crippen LogP contribution in [0, 0.1) is 6.92 Å². The van der Waals surface area contributed by atoms with Crippen molar-refractivity contribution in [3.63, 3.8) is 0 Å². The number of hydrogen-bond donors (Lipinski definition) is 1. The van der Waals surface area contributed by atoms with Crippen LogP contribution < -0.4 is 24.3 Å². The van der Waals surface area contributed by atoms with E-state index in [2.05, 4.69) is 10.3 Å². The van der Waals surface area contributed by atoms with Crippen molar-refractivity contribution in [2.45, 2.75) is 19.5 Å². The van der Waals surface area contributed by atoms with Crippen LogP contribution in [0.3, 0.4) is 0 Å². The van der Waals surface area contributed by atoms with E-state index in [1.165, 1.54) is 26.4 Å². The number of carbonyl (C=O) groups excluding carboxylic acids is 1. The molecule has 0 aliphatic rings. The molecular weight excluding hydrogens is 537 g/mol. The van der Waals surface area contributed by atoms with Crippen LogP contribution in [0.4, 0.5) is 18.9 Å². The SMILES string of the molecule is COc1c(C)c(Cc2ccc(C(=O)Nc3ccc(C(F)(F)F)cc3)c(-c3cccnc3)c2)c(OC)c(OC)c1OC. The number of alkyl halides is 3. The molecule has 0 aliphatic carbocycles. The lowest BCUT2D eigenvalue weighted by Crippen LogP contribution is -2.14. The van der Waals surface area contributed by atoms with E-state index in [4.69, 9.17) is 18.9 Å². The Kier molecular flexibility index (Phi) is 8.71. The van der Waals surface area contributed by atoms with Crippen molar-refractivity contribution in [3.8, 4) is 34.1 Å². The first-order valence-corrected chi connectivity index (χ1v) is 12.5. The molecule has 1 heterocycles. The maximum atomic E-state index is 13.3. The zero-order chi connectivity index (χ0) is 29.7. The number of ether oxygens (including phenoxy) is 4. The average Bonchev–Trinajstić information content (AvgIpc) is 2.97. The van der Waals surface area contributed by atoms with Crippen LogP contribution >= 0.6 is 0 Å². The van der Waals surface area contributed by atoms with Crippen molar-refractivity contribution in [2.24, 2.45) is 0 Å². The van der Waals surface area contributed by atoms with Gasteiger partial charge >= 0.3 is 6.18 Å². The Hall–Kier alpha value is -4.73. The number of rotatable bonds is 9. The number of nitrogens with zero attached hydrogens (tertiary/aromatic N) is 1. The molecule has 0 atom stereocenters. The zero-order valence-corrected chi connectivity index (χ0v) is 23.2. The van der Waals surface area contributed by atoms with Crippen LogP contribution in [0.15, 0.2) is 67.0 Å². The van der Waals surface area contributed by atoms with Gasteiger partial charge in [-0.05, 0) is 60.5 Å². The molecule has 4 rings (SSSR count). The van der Waals surface area contributed by atoms with Gasteiger partial charge in [0.05, 0.1) is 34.0 Å². The molecule has 214 valence electrons. The van der Waals surface area contributed by atoms with Gasteiger partial charge in [0, 0.05) is 46.8 Å². The number of halogens is 3. The summed E-state index contributed by atoms with van der Waals surface area (Å²) < 4.78 is 61.4. The Morgan fingerprint density at radius 3 is 2.05 bits per heavy atom. The number of aromatic nitrogens is 1. The molecule has 10 heteroatoms. The Labute approximate surface area is 235 Å². The molecule has 1 N–H and O–H groups in total. The lowest BCUT2D eigenvalue weighted by Gasteiger charge is -2.22. The van der Waals surface area contributed by atoms with Crippen LogP contribution in [0.5, 0.6) is 23.0 Å². The maximum absolute atomic E-state index is 13.3. The summed E-state index contributed by atoms with van der Waals surface area (Å²) in [6, 6.07) is 13.2. The summed E-state index contributed by atoms with van der Waals surface area (Å²) in [5.74, 6) is 1.35. The third kappa shape index (κ3) is 6.06. The number of methoxy groups -OCH3 is 4. The van der Waals surface area contributed by atoms with Gasteiger partial charge in [0.1, 0.15) is 0 Å². The highest BCUT2D eigenvalue weighted by atomic mass is 19.4. The van der Waals surface area contributed by atoms with Gasteiger partial charge in [-0.1, -0.05) is 12.1 Å². The first kappa shape index (κ1) is 29.3.